The fourth-order valence-corrected chi connectivity index (χ4v) is 1.94. The van der Waals surface area contributed by atoms with Crippen molar-refractivity contribution in [1.29, 1.82) is 0 Å². The number of hydrogen-bond acceptors (Lipinski definition) is 3. The van der Waals surface area contributed by atoms with E-state index in [4.69, 9.17) is 16.3 Å². The number of benzene rings is 1. The second kappa shape index (κ2) is 6.52. The molecule has 1 aromatic carbocycles. The molecule has 1 aromatic rings. The van der Waals surface area contributed by atoms with Crippen LogP contribution in [0.4, 0.5) is 0 Å². The molecule has 0 spiro atoms. The minimum Gasteiger partial charge on any atom is -0.479 e. The van der Waals surface area contributed by atoms with Crippen LogP contribution in [0.15, 0.2) is 22.7 Å². The van der Waals surface area contributed by atoms with Crippen LogP contribution in [0.25, 0.3) is 0 Å². The molecule has 0 bridgehead atoms. The Bertz CT molecular complexity index is 436. The number of aliphatic hydroxyl groups is 1. The third-order valence-electron chi connectivity index (χ3n) is 2.49. The molecule has 1 rings (SSSR count). The number of carboxylic acid groups (broad SMARTS) is 1. The molecular weight excluding hydrogens is 323 g/mol. The molecule has 18 heavy (non-hydrogen) atoms. The second-order valence-corrected chi connectivity index (χ2v) is 5.26. The van der Waals surface area contributed by atoms with Gasteiger partial charge in [-0.15, -0.1) is 0 Å². The average molecular weight is 338 g/mol. The highest BCUT2D eigenvalue weighted by molar-refractivity contribution is 9.10. The van der Waals surface area contributed by atoms with E-state index in [9.17, 15) is 15.0 Å². The fraction of sp³-hybridized carbons (Fsp3) is 0.417. The third kappa shape index (κ3) is 3.95. The zero-order chi connectivity index (χ0) is 13.9. The molecule has 0 fully saturated rings. The van der Waals surface area contributed by atoms with Crippen LogP contribution in [-0.2, 0) is 9.53 Å². The SMILES string of the molecule is CC(O)C(C)OC(C(=O)O)c1cc(Cl)ccc1Br. The lowest BCUT2D eigenvalue weighted by Crippen LogP contribution is -2.28. The van der Waals surface area contributed by atoms with Gasteiger partial charge < -0.3 is 14.9 Å². The van der Waals surface area contributed by atoms with E-state index in [1.807, 2.05) is 0 Å². The zero-order valence-electron chi connectivity index (χ0n) is 9.93. The molecule has 0 radical (unpaired) electrons. The van der Waals surface area contributed by atoms with Crippen molar-refractivity contribution < 1.29 is 19.7 Å². The van der Waals surface area contributed by atoms with E-state index in [1.54, 1.807) is 19.1 Å². The van der Waals surface area contributed by atoms with Crippen molar-refractivity contribution in [3.8, 4) is 0 Å². The molecule has 0 aliphatic rings. The van der Waals surface area contributed by atoms with Crippen LogP contribution in [0.3, 0.4) is 0 Å². The Morgan fingerprint density at radius 3 is 2.56 bits per heavy atom. The highest BCUT2D eigenvalue weighted by Gasteiger charge is 2.27. The molecule has 0 aromatic heterocycles. The average Bonchev–Trinajstić information content (AvgIpc) is 2.28. The molecular formula is C12H14BrClO4. The monoisotopic (exact) mass is 336 g/mol. The van der Waals surface area contributed by atoms with Gasteiger partial charge in [0.2, 0.25) is 0 Å². The maximum Gasteiger partial charge on any atom is 0.337 e. The van der Waals surface area contributed by atoms with Gasteiger partial charge in [0.25, 0.3) is 0 Å². The maximum absolute atomic E-state index is 11.3. The first kappa shape index (κ1) is 15.4. The second-order valence-electron chi connectivity index (χ2n) is 3.97. The minimum atomic E-state index is -1.18. The van der Waals surface area contributed by atoms with Crippen molar-refractivity contribution in [1.82, 2.24) is 0 Å². The number of hydrogen-bond donors (Lipinski definition) is 2. The molecule has 0 amide bonds. The lowest BCUT2D eigenvalue weighted by atomic mass is 10.1. The van der Waals surface area contributed by atoms with Crippen LogP contribution in [0.1, 0.15) is 25.5 Å². The summed E-state index contributed by atoms with van der Waals surface area (Å²) in [7, 11) is 0. The van der Waals surface area contributed by atoms with Gasteiger partial charge in [-0.2, -0.15) is 0 Å². The zero-order valence-corrected chi connectivity index (χ0v) is 12.3. The number of aliphatic hydroxyl groups excluding tert-OH is 1. The topological polar surface area (TPSA) is 66.8 Å². The first-order valence-corrected chi connectivity index (χ1v) is 6.51. The van der Waals surface area contributed by atoms with Gasteiger partial charge in [-0.25, -0.2) is 4.79 Å². The number of rotatable bonds is 5. The molecule has 0 saturated heterocycles. The Hall–Kier alpha value is -0.620. The summed E-state index contributed by atoms with van der Waals surface area (Å²) in [5, 5.41) is 19.0. The molecule has 4 nitrogen and oxygen atoms in total. The number of halogens is 2. The van der Waals surface area contributed by atoms with Gasteiger partial charge in [0.1, 0.15) is 0 Å². The summed E-state index contributed by atoms with van der Waals surface area (Å²) in [5.41, 5.74) is 0.419. The van der Waals surface area contributed by atoms with Crippen molar-refractivity contribution >= 4 is 33.5 Å². The lowest BCUT2D eigenvalue weighted by molar-refractivity contribution is -0.158. The molecule has 2 N–H and O–H groups in total. The first-order chi connectivity index (χ1) is 8.32. The Morgan fingerprint density at radius 2 is 2.06 bits per heavy atom. The predicted molar refractivity (Wildman–Crippen MR) is 71.8 cm³/mol. The van der Waals surface area contributed by atoms with Gasteiger partial charge in [-0.1, -0.05) is 27.5 Å². The third-order valence-corrected chi connectivity index (χ3v) is 3.45. The fourth-order valence-electron chi connectivity index (χ4n) is 1.31. The van der Waals surface area contributed by atoms with Crippen LogP contribution in [0, 0.1) is 0 Å². The molecule has 0 saturated carbocycles. The molecule has 0 aliphatic heterocycles. The molecule has 0 aliphatic carbocycles. The number of carboxylic acids is 1. The van der Waals surface area contributed by atoms with E-state index in [0.29, 0.717) is 15.1 Å². The molecule has 6 heteroatoms. The van der Waals surface area contributed by atoms with E-state index < -0.39 is 24.3 Å². The van der Waals surface area contributed by atoms with E-state index in [2.05, 4.69) is 15.9 Å². The van der Waals surface area contributed by atoms with E-state index >= 15 is 0 Å². The predicted octanol–water partition coefficient (Wildman–Crippen LogP) is 3.01. The molecule has 0 heterocycles. The van der Waals surface area contributed by atoms with Crippen molar-refractivity contribution in [3.05, 3.63) is 33.3 Å². The number of aliphatic carboxylic acids is 1. The first-order valence-electron chi connectivity index (χ1n) is 5.34. The normalized spacial score (nSPS) is 16.1. The van der Waals surface area contributed by atoms with Crippen molar-refractivity contribution in [2.24, 2.45) is 0 Å². The highest BCUT2D eigenvalue weighted by Crippen LogP contribution is 2.30. The van der Waals surface area contributed by atoms with E-state index in [-0.39, 0.29) is 0 Å². The summed E-state index contributed by atoms with van der Waals surface area (Å²) >= 11 is 9.11. The quantitative estimate of drug-likeness (QED) is 0.867. The highest BCUT2D eigenvalue weighted by atomic mass is 79.9. The Labute approximate surface area is 119 Å². The molecule has 100 valence electrons. The van der Waals surface area contributed by atoms with Crippen molar-refractivity contribution in [2.45, 2.75) is 32.2 Å². The standard InChI is InChI=1S/C12H14BrClO4/c1-6(15)7(2)18-11(12(16)17)9-5-8(14)3-4-10(9)13/h3-7,11,15H,1-2H3,(H,16,17). The van der Waals surface area contributed by atoms with Gasteiger partial charge in [0, 0.05) is 15.1 Å². The van der Waals surface area contributed by atoms with Crippen molar-refractivity contribution in [3.63, 3.8) is 0 Å². The van der Waals surface area contributed by atoms with Crippen LogP contribution in [0.2, 0.25) is 5.02 Å². The van der Waals surface area contributed by atoms with Crippen LogP contribution in [0.5, 0.6) is 0 Å². The summed E-state index contributed by atoms with van der Waals surface area (Å²) in [5.74, 6) is -1.13. The van der Waals surface area contributed by atoms with Crippen LogP contribution in [-0.4, -0.2) is 28.4 Å². The minimum absolute atomic E-state index is 0.419. The summed E-state index contributed by atoms with van der Waals surface area (Å²) in [6.45, 7) is 3.15. The summed E-state index contributed by atoms with van der Waals surface area (Å²) in [6, 6.07) is 4.83. The van der Waals surface area contributed by atoms with Crippen molar-refractivity contribution in [2.75, 3.05) is 0 Å². The van der Waals surface area contributed by atoms with Gasteiger partial charge in [0.15, 0.2) is 6.10 Å². The Kier molecular flexibility index (Phi) is 5.59. The summed E-state index contributed by atoms with van der Waals surface area (Å²) in [6.07, 6.45) is -2.54. The molecule has 3 atom stereocenters. The number of carbonyl (C=O) groups is 1. The Balaban J connectivity index is 3.05. The van der Waals surface area contributed by atoms with E-state index in [1.165, 1.54) is 13.0 Å². The summed E-state index contributed by atoms with van der Waals surface area (Å²) in [4.78, 5) is 11.3. The van der Waals surface area contributed by atoms with Gasteiger partial charge in [-0.05, 0) is 32.0 Å². The summed E-state index contributed by atoms with van der Waals surface area (Å²) < 4.78 is 5.95. The van der Waals surface area contributed by atoms with E-state index in [0.717, 1.165) is 0 Å². The molecule has 3 unspecified atom stereocenters. The lowest BCUT2D eigenvalue weighted by Gasteiger charge is -2.22. The van der Waals surface area contributed by atoms with Gasteiger partial charge >= 0.3 is 5.97 Å². The number of ether oxygens (including phenoxy) is 1. The van der Waals surface area contributed by atoms with Crippen LogP contribution >= 0.6 is 27.5 Å². The van der Waals surface area contributed by atoms with Gasteiger partial charge in [0.05, 0.1) is 12.2 Å². The Morgan fingerprint density at radius 1 is 1.44 bits per heavy atom. The maximum atomic E-state index is 11.3. The van der Waals surface area contributed by atoms with Gasteiger partial charge in [-0.3, -0.25) is 0 Å². The largest absolute Gasteiger partial charge is 0.479 e. The van der Waals surface area contributed by atoms with Crippen LogP contribution < -0.4 is 0 Å². The smallest absolute Gasteiger partial charge is 0.337 e.